The average molecular weight is 434 g/mol. The van der Waals surface area contributed by atoms with Gasteiger partial charge in [0, 0.05) is 38.9 Å². The molecule has 1 saturated heterocycles. The molecule has 1 aliphatic rings. The summed E-state index contributed by atoms with van der Waals surface area (Å²) in [4.78, 5) is 20.5. The maximum absolute atomic E-state index is 13.6. The fourth-order valence-corrected chi connectivity index (χ4v) is 3.30. The fraction of sp³-hybridized carbons (Fsp3) is 0.278. The molecular formula is C18H17BrFN5O2. The Hall–Kier alpha value is -2.52. The second-order valence-electron chi connectivity index (χ2n) is 6.33. The normalized spacial score (nSPS) is 15.3. The summed E-state index contributed by atoms with van der Waals surface area (Å²) in [6.45, 7) is 3.25. The Bertz CT molecular complexity index is 971. The summed E-state index contributed by atoms with van der Waals surface area (Å²) < 4.78 is 19.2. The van der Waals surface area contributed by atoms with Crippen molar-refractivity contribution in [2.75, 3.05) is 31.5 Å². The maximum Gasteiger partial charge on any atom is 0.323 e. The van der Waals surface area contributed by atoms with E-state index in [0.717, 1.165) is 5.56 Å². The van der Waals surface area contributed by atoms with Crippen molar-refractivity contribution in [2.24, 2.45) is 0 Å². The molecule has 27 heavy (non-hydrogen) atoms. The number of pyridine rings is 1. The van der Waals surface area contributed by atoms with E-state index in [1.54, 1.807) is 29.3 Å². The van der Waals surface area contributed by atoms with Crippen molar-refractivity contribution in [1.29, 1.82) is 0 Å². The Balaban J connectivity index is 1.33. The molecule has 0 aliphatic carbocycles. The van der Waals surface area contributed by atoms with E-state index in [-0.39, 0.29) is 11.8 Å². The largest absolute Gasteiger partial charge is 0.334 e. The van der Waals surface area contributed by atoms with Gasteiger partial charge in [-0.3, -0.25) is 10.2 Å². The average Bonchev–Trinajstić information content (AvgIpc) is 3.08. The van der Waals surface area contributed by atoms with Crippen LogP contribution in [0.25, 0.3) is 11.1 Å². The summed E-state index contributed by atoms with van der Waals surface area (Å²) in [7, 11) is 0. The quantitative estimate of drug-likeness (QED) is 0.684. The first-order valence-corrected chi connectivity index (χ1v) is 9.32. The number of urea groups is 1. The third-order valence-corrected chi connectivity index (χ3v) is 5.17. The van der Waals surface area contributed by atoms with E-state index in [1.165, 1.54) is 6.07 Å². The van der Waals surface area contributed by atoms with Crippen LogP contribution in [-0.4, -0.2) is 52.2 Å². The first-order chi connectivity index (χ1) is 13.1. The minimum Gasteiger partial charge on any atom is -0.334 e. The summed E-state index contributed by atoms with van der Waals surface area (Å²) >= 11 is 3.16. The van der Waals surface area contributed by atoms with Crippen molar-refractivity contribution in [3.63, 3.8) is 0 Å². The van der Waals surface area contributed by atoms with Crippen LogP contribution < -0.4 is 5.32 Å². The van der Waals surface area contributed by atoms with Gasteiger partial charge in [-0.15, -0.1) is 0 Å². The summed E-state index contributed by atoms with van der Waals surface area (Å²) in [5.74, 6) is 0.107. The van der Waals surface area contributed by atoms with E-state index in [9.17, 15) is 9.18 Å². The van der Waals surface area contributed by atoms with Crippen molar-refractivity contribution >= 4 is 38.9 Å². The van der Waals surface area contributed by atoms with Gasteiger partial charge in [-0.25, -0.2) is 14.2 Å². The van der Waals surface area contributed by atoms with Crippen LogP contribution in [0.1, 0.15) is 5.56 Å². The molecule has 0 radical (unpaired) electrons. The zero-order valence-corrected chi connectivity index (χ0v) is 15.9. The number of nitrogens with zero attached hydrogens (tertiary/aromatic N) is 4. The van der Waals surface area contributed by atoms with Gasteiger partial charge < -0.3 is 9.42 Å². The topological polar surface area (TPSA) is 74.5 Å². The Morgan fingerprint density at radius 3 is 2.85 bits per heavy atom. The molecule has 9 heteroatoms. The second-order valence-corrected chi connectivity index (χ2v) is 7.18. The molecule has 0 atom stereocenters. The minimum atomic E-state index is -0.264. The lowest BCUT2D eigenvalue weighted by atomic mass is 10.2. The molecule has 2 aromatic heterocycles. The molecule has 2 amide bonds. The van der Waals surface area contributed by atoms with Crippen LogP contribution in [0, 0.1) is 5.82 Å². The van der Waals surface area contributed by atoms with Crippen LogP contribution in [0.15, 0.2) is 45.5 Å². The number of nitrogens with one attached hydrogen (secondary N) is 1. The first-order valence-electron chi connectivity index (χ1n) is 8.53. The van der Waals surface area contributed by atoms with E-state index >= 15 is 0 Å². The van der Waals surface area contributed by atoms with Crippen molar-refractivity contribution in [1.82, 2.24) is 19.9 Å². The number of aromatic nitrogens is 2. The lowest BCUT2D eigenvalue weighted by Gasteiger charge is -2.34. The molecule has 0 unspecified atom stereocenters. The SMILES string of the molecule is O=C(Nc1noc2ncccc12)N1CCN(Cc2ccc(Br)c(F)c2)CC1. The molecule has 1 aliphatic heterocycles. The van der Waals surface area contributed by atoms with Gasteiger partial charge in [0.25, 0.3) is 5.71 Å². The summed E-state index contributed by atoms with van der Waals surface area (Å²) in [5, 5.41) is 7.32. The van der Waals surface area contributed by atoms with Gasteiger partial charge in [0.15, 0.2) is 5.82 Å². The molecule has 1 fully saturated rings. The Kier molecular flexibility index (Phi) is 5.04. The minimum absolute atomic E-state index is 0.219. The molecule has 0 spiro atoms. The first kappa shape index (κ1) is 17.9. The van der Waals surface area contributed by atoms with Crippen LogP contribution >= 0.6 is 15.9 Å². The molecule has 3 heterocycles. The Morgan fingerprint density at radius 2 is 2.07 bits per heavy atom. The van der Waals surface area contributed by atoms with E-state index < -0.39 is 0 Å². The monoisotopic (exact) mass is 433 g/mol. The number of fused-ring (bicyclic) bond motifs is 1. The smallest absolute Gasteiger partial charge is 0.323 e. The number of benzene rings is 1. The van der Waals surface area contributed by atoms with Crippen LogP contribution in [0.2, 0.25) is 0 Å². The van der Waals surface area contributed by atoms with Crippen LogP contribution in [0.3, 0.4) is 0 Å². The Morgan fingerprint density at radius 1 is 1.26 bits per heavy atom. The van der Waals surface area contributed by atoms with Gasteiger partial charge in [-0.05, 0) is 45.8 Å². The maximum atomic E-state index is 13.6. The molecule has 3 aromatic rings. The number of piperazine rings is 1. The van der Waals surface area contributed by atoms with Gasteiger partial charge >= 0.3 is 6.03 Å². The molecule has 4 rings (SSSR count). The van der Waals surface area contributed by atoms with Crippen molar-refractivity contribution in [3.05, 3.63) is 52.4 Å². The number of anilines is 1. The van der Waals surface area contributed by atoms with Crippen LogP contribution in [0.4, 0.5) is 15.0 Å². The number of hydrogen-bond donors (Lipinski definition) is 1. The summed E-state index contributed by atoms with van der Waals surface area (Å²) in [5.41, 5.74) is 1.30. The molecule has 7 nitrogen and oxygen atoms in total. The highest BCUT2D eigenvalue weighted by Gasteiger charge is 2.23. The standard InChI is InChI=1S/C18H17BrFN5O2/c19-14-4-3-12(10-15(14)20)11-24-6-8-25(9-7-24)18(26)22-16-13-2-1-5-21-17(13)27-23-16/h1-5,10H,6-9,11H2,(H,22,23,26). The van der Waals surface area contributed by atoms with Gasteiger partial charge in [0.05, 0.1) is 9.86 Å². The van der Waals surface area contributed by atoms with Gasteiger partial charge in [-0.1, -0.05) is 11.2 Å². The zero-order chi connectivity index (χ0) is 18.8. The summed E-state index contributed by atoms with van der Waals surface area (Å²) in [6, 6.07) is 8.49. The molecule has 0 bridgehead atoms. The number of rotatable bonds is 3. The van der Waals surface area contributed by atoms with Crippen LogP contribution in [-0.2, 0) is 6.54 Å². The molecule has 140 valence electrons. The summed E-state index contributed by atoms with van der Waals surface area (Å²) in [6.07, 6.45) is 1.61. The molecule has 1 aromatic carbocycles. The number of carbonyl (C=O) groups excluding carboxylic acids is 1. The number of halogens is 2. The molecule has 0 saturated carbocycles. The van der Waals surface area contributed by atoms with Gasteiger partial charge in [0.1, 0.15) is 5.82 Å². The van der Waals surface area contributed by atoms with Gasteiger partial charge in [0.2, 0.25) is 0 Å². The van der Waals surface area contributed by atoms with E-state index in [4.69, 9.17) is 4.52 Å². The van der Waals surface area contributed by atoms with Gasteiger partial charge in [-0.2, -0.15) is 0 Å². The second kappa shape index (κ2) is 7.61. The Labute approximate surface area is 163 Å². The van der Waals surface area contributed by atoms with E-state index in [1.807, 2.05) is 6.07 Å². The van der Waals surface area contributed by atoms with Crippen molar-refractivity contribution in [3.8, 4) is 0 Å². The van der Waals surface area contributed by atoms with Crippen molar-refractivity contribution < 1.29 is 13.7 Å². The molecule has 1 N–H and O–H groups in total. The lowest BCUT2D eigenvalue weighted by molar-refractivity contribution is 0.143. The zero-order valence-electron chi connectivity index (χ0n) is 14.4. The number of amides is 2. The number of carbonyl (C=O) groups is 1. The highest BCUT2D eigenvalue weighted by atomic mass is 79.9. The van der Waals surface area contributed by atoms with Crippen LogP contribution in [0.5, 0.6) is 0 Å². The highest BCUT2D eigenvalue weighted by Crippen LogP contribution is 2.21. The third kappa shape index (κ3) is 3.93. The molecular weight excluding hydrogens is 417 g/mol. The van der Waals surface area contributed by atoms with E-state index in [0.29, 0.717) is 54.1 Å². The lowest BCUT2D eigenvalue weighted by Crippen LogP contribution is -2.49. The predicted molar refractivity (Wildman–Crippen MR) is 102 cm³/mol. The fourth-order valence-electron chi connectivity index (χ4n) is 3.06. The third-order valence-electron chi connectivity index (χ3n) is 4.52. The number of hydrogen-bond acceptors (Lipinski definition) is 5. The highest BCUT2D eigenvalue weighted by molar-refractivity contribution is 9.10. The predicted octanol–water partition coefficient (Wildman–Crippen LogP) is 3.47. The van der Waals surface area contributed by atoms with E-state index in [2.05, 4.69) is 36.3 Å². The van der Waals surface area contributed by atoms with Crippen molar-refractivity contribution in [2.45, 2.75) is 6.54 Å².